The highest BCUT2D eigenvalue weighted by Crippen LogP contribution is 2.13. The maximum absolute atomic E-state index is 11.8. The number of benzene rings is 1. The fourth-order valence-corrected chi connectivity index (χ4v) is 1.13. The molecule has 0 aromatic heterocycles. The van der Waals surface area contributed by atoms with Gasteiger partial charge in [-0.2, -0.15) is 0 Å². The molecule has 1 aromatic carbocycles. The predicted molar refractivity (Wildman–Crippen MR) is 51.6 cm³/mol. The van der Waals surface area contributed by atoms with E-state index in [1.54, 1.807) is 24.3 Å². The molecule has 76 valence electrons. The van der Waals surface area contributed by atoms with Crippen LogP contribution in [0.5, 0.6) is 5.75 Å². The van der Waals surface area contributed by atoms with E-state index in [0.717, 1.165) is 5.56 Å². The lowest BCUT2D eigenvalue weighted by molar-refractivity contribution is 0.288. The van der Waals surface area contributed by atoms with Crippen LogP contribution < -0.4 is 4.65 Å². The van der Waals surface area contributed by atoms with Crippen molar-refractivity contribution in [3.05, 3.63) is 29.8 Å². The lowest BCUT2D eigenvalue weighted by atomic mass is 10.1. The standard InChI is InChI=1S/C9H12BFO3/c11-7-1-2-8-3-5-9(6-4-8)14-10(12)13/h3-6,12-13H,1-2,7H2. The minimum absolute atomic E-state index is 0.326. The highest BCUT2D eigenvalue weighted by atomic mass is 19.1. The summed E-state index contributed by atoms with van der Waals surface area (Å²) in [6.45, 7) is -0.326. The van der Waals surface area contributed by atoms with Crippen LogP contribution in [-0.2, 0) is 6.42 Å². The summed E-state index contributed by atoms with van der Waals surface area (Å²) in [5, 5.41) is 17.0. The second kappa shape index (κ2) is 5.62. The molecular weight excluding hydrogens is 186 g/mol. The fourth-order valence-electron chi connectivity index (χ4n) is 1.13. The van der Waals surface area contributed by atoms with Crippen molar-refractivity contribution in [1.29, 1.82) is 0 Å². The van der Waals surface area contributed by atoms with E-state index in [0.29, 0.717) is 18.6 Å². The maximum Gasteiger partial charge on any atom is 0.707 e. The van der Waals surface area contributed by atoms with Crippen molar-refractivity contribution in [3.63, 3.8) is 0 Å². The van der Waals surface area contributed by atoms with Gasteiger partial charge in [0.15, 0.2) is 0 Å². The number of rotatable bonds is 5. The quantitative estimate of drug-likeness (QED) is 0.692. The van der Waals surface area contributed by atoms with Gasteiger partial charge in [0.25, 0.3) is 0 Å². The van der Waals surface area contributed by atoms with Gasteiger partial charge in [0.1, 0.15) is 5.75 Å². The van der Waals surface area contributed by atoms with E-state index in [9.17, 15) is 4.39 Å². The molecular formula is C9H12BFO3. The topological polar surface area (TPSA) is 49.7 Å². The van der Waals surface area contributed by atoms with Crippen LogP contribution in [0.15, 0.2) is 24.3 Å². The summed E-state index contributed by atoms with van der Waals surface area (Å²) in [4.78, 5) is 0. The van der Waals surface area contributed by atoms with E-state index in [2.05, 4.69) is 4.65 Å². The molecule has 0 aliphatic carbocycles. The number of aryl methyl sites for hydroxylation is 1. The van der Waals surface area contributed by atoms with Gasteiger partial charge in [-0.1, -0.05) is 12.1 Å². The van der Waals surface area contributed by atoms with E-state index >= 15 is 0 Å². The van der Waals surface area contributed by atoms with Gasteiger partial charge in [0.05, 0.1) is 6.67 Å². The molecule has 2 N–H and O–H groups in total. The fraction of sp³-hybridized carbons (Fsp3) is 0.333. The minimum atomic E-state index is -1.80. The van der Waals surface area contributed by atoms with Gasteiger partial charge in [-0.15, -0.1) is 0 Å². The number of hydrogen-bond acceptors (Lipinski definition) is 3. The largest absolute Gasteiger partial charge is 0.707 e. The molecule has 0 aliphatic heterocycles. The molecule has 0 unspecified atom stereocenters. The Morgan fingerprint density at radius 1 is 1.21 bits per heavy atom. The molecule has 1 rings (SSSR count). The van der Waals surface area contributed by atoms with E-state index in [4.69, 9.17) is 10.0 Å². The first kappa shape index (κ1) is 11.0. The van der Waals surface area contributed by atoms with Crippen LogP contribution in [0, 0.1) is 0 Å². The molecule has 0 radical (unpaired) electrons. The van der Waals surface area contributed by atoms with Gasteiger partial charge in [-0.25, -0.2) is 0 Å². The normalized spacial score (nSPS) is 9.93. The number of halogens is 1. The first-order valence-electron chi connectivity index (χ1n) is 4.40. The Labute approximate surface area is 82.3 Å². The molecule has 5 heteroatoms. The molecule has 14 heavy (non-hydrogen) atoms. The Morgan fingerprint density at radius 3 is 2.36 bits per heavy atom. The van der Waals surface area contributed by atoms with Crippen LogP contribution >= 0.6 is 0 Å². The summed E-state index contributed by atoms with van der Waals surface area (Å²) in [5.74, 6) is 0.379. The van der Waals surface area contributed by atoms with Gasteiger partial charge in [0.2, 0.25) is 0 Å². The Morgan fingerprint density at radius 2 is 1.86 bits per heavy atom. The predicted octanol–water partition coefficient (Wildman–Crippen LogP) is 0.937. The zero-order chi connectivity index (χ0) is 10.4. The van der Waals surface area contributed by atoms with Crippen LogP contribution in [0.1, 0.15) is 12.0 Å². The second-order valence-electron chi connectivity index (χ2n) is 2.88. The van der Waals surface area contributed by atoms with Crippen molar-refractivity contribution in [1.82, 2.24) is 0 Å². The van der Waals surface area contributed by atoms with Gasteiger partial charge >= 0.3 is 7.32 Å². The van der Waals surface area contributed by atoms with Crippen molar-refractivity contribution in [2.24, 2.45) is 0 Å². The SMILES string of the molecule is OB(O)Oc1ccc(CCCF)cc1. The van der Waals surface area contributed by atoms with Crippen molar-refractivity contribution < 1.29 is 19.1 Å². The third-order valence-electron chi connectivity index (χ3n) is 1.76. The molecule has 1 aromatic rings. The van der Waals surface area contributed by atoms with Gasteiger partial charge < -0.3 is 14.7 Å². The average Bonchev–Trinajstić information content (AvgIpc) is 2.16. The Hall–Kier alpha value is -1.07. The van der Waals surface area contributed by atoms with Crippen LogP contribution in [0.3, 0.4) is 0 Å². The third-order valence-corrected chi connectivity index (χ3v) is 1.76. The molecule has 0 saturated carbocycles. The summed E-state index contributed by atoms with van der Waals surface area (Å²) in [7, 11) is -1.80. The molecule has 0 heterocycles. The summed E-state index contributed by atoms with van der Waals surface area (Å²) >= 11 is 0. The first-order valence-corrected chi connectivity index (χ1v) is 4.40. The summed E-state index contributed by atoms with van der Waals surface area (Å²) < 4.78 is 16.4. The number of alkyl halides is 1. The second-order valence-corrected chi connectivity index (χ2v) is 2.88. The van der Waals surface area contributed by atoms with Crippen LogP contribution in [0.25, 0.3) is 0 Å². The molecule has 0 fully saturated rings. The monoisotopic (exact) mass is 198 g/mol. The molecule has 0 bridgehead atoms. The van der Waals surface area contributed by atoms with Crippen LogP contribution in [0.2, 0.25) is 0 Å². The smallest absolute Gasteiger partial charge is 0.512 e. The first-order chi connectivity index (χ1) is 6.72. The van der Waals surface area contributed by atoms with Gasteiger partial charge in [-0.3, -0.25) is 4.39 Å². The molecule has 3 nitrogen and oxygen atoms in total. The zero-order valence-electron chi connectivity index (χ0n) is 7.69. The van der Waals surface area contributed by atoms with E-state index < -0.39 is 7.32 Å². The van der Waals surface area contributed by atoms with Gasteiger partial charge in [0, 0.05) is 0 Å². The summed E-state index contributed by atoms with van der Waals surface area (Å²) in [6.07, 6.45) is 1.18. The zero-order valence-corrected chi connectivity index (χ0v) is 7.69. The number of hydrogen-bond donors (Lipinski definition) is 2. The summed E-state index contributed by atoms with van der Waals surface area (Å²) in [5.41, 5.74) is 1.00. The Kier molecular flexibility index (Phi) is 4.42. The van der Waals surface area contributed by atoms with E-state index in [1.807, 2.05) is 0 Å². The van der Waals surface area contributed by atoms with E-state index in [-0.39, 0.29) is 6.67 Å². The highest BCUT2D eigenvalue weighted by molar-refractivity contribution is 6.33. The Balaban J connectivity index is 2.50. The summed E-state index contributed by atoms with van der Waals surface area (Å²) in [6, 6.07) is 6.78. The highest BCUT2D eigenvalue weighted by Gasteiger charge is 2.10. The van der Waals surface area contributed by atoms with Gasteiger partial charge in [-0.05, 0) is 30.5 Å². The maximum atomic E-state index is 11.8. The van der Waals surface area contributed by atoms with Crippen LogP contribution in [-0.4, -0.2) is 24.0 Å². The average molecular weight is 198 g/mol. The van der Waals surface area contributed by atoms with Crippen molar-refractivity contribution in [2.75, 3.05) is 6.67 Å². The van der Waals surface area contributed by atoms with Crippen molar-refractivity contribution in [3.8, 4) is 5.75 Å². The molecule has 0 aliphatic rings. The minimum Gasteiger partial charge on any atom is -0.512 e. The molecule has 0 atom stereocenters. The Bertz CT molecular complexity index is 263. The molecule has 0 amide bonds. The third kappa shape index (κ3) is 3.76. The van der Waals surface area contributed by atoms with Crippen molar-refractivity contribution >= 4 is 7.32 Å². The lowest BCUT2D eigenvalue weighted by Gasteiger charge is -2.05. The van der Waals surface area contributed by atoms with Crippen LogP contribution in [0.4, 0.5) is 4.39 Å². The molecule has 0 saturated heterocycles. The van der Waals surface area contributed by atoms with Crippen molar-refractivity contribution in [2.45, 2.75) is 12.8 Å². The lowest BCUT2D eigenvalue weighted by Crippen LogP contribution is -2.20. The molecule has 0 spiro atoms. The van der Waals surface area contributed by atoms with E-state index in [1.165, 1.54) is 0 Å².